The van der Waals surface area contributed by atoms with Crippen molar-refractivity contribution in [3.8, 4) is 22.8 Å². The Morgan fingerprint density at radius 1 is 1.35 bits per heavy atom. The fourth-order valence-electron chi connectivity index (χ4n) is 2.62. The second kappa shape index (κ2) is 4.34. The van der Waals surface area contributed by atoms with Crippen molar-refractivity contribution in [3.05, 3.63) is 22.6 Å². The van der Waals surface area contributed by atoms with Gasteiger partial charge >= 0.3 is 124 Å². The molecule has 0 spiro atoms. The van der Waals surface area contributed by atoms with Crippen LogP contribution in [-0.4, -0.2) is 30.0 Å². The van der Waals surface area contributed by atoms with E-state index in [1.165, 1.54) is 10.9 Å². The fraction of sp³-hybridized carbons (Fsp3) is 0.467. The van der Waals surface area contributed by atoms with Crippen LogP contribution in [0.3, 0.4) is 0 Å². The zero-order valence-corrected chi connectivity index (χ0v) is 13.3. The average Bonchev–Trinajstić information content (AvgIpc) is 2.83. The molecule has 0 unspecified atom stereocenters. The van der Waals surface area contributed by atoms with Gasteiger partial charge in [-0.2, -0.15) is 0 Å². The first-order chi connectivity index (χ1) is 9.63. The minimum atomic E-state index is -0.319. The van der Waals surface area contributed by atoms with E-state index in [1.54, 1.807) is 0 Å². The van der Waals surface area contributed by atoms with Crippen molar-refractivity contribution in [2.75, 3.05) is 0 Å². The SMILES string of the molecule is CC1(C)Oc2cc(OC3CCC3)ccc2-c2nn[se]c21. The number of fused-ring (bicyclic) bond motifs is 3. The molecule has 104 valence electrons. The van der Waals surface area contributed by atoms with Gasteiger partial charge in [0.2, 0.25) is 0 Å². The Labute approximate surface area is 124 Å². The molecule has 1 aromatic heterocycles. The average molecular weight is 335 g/mol. The number of hydrogen-bond donors (Lipinski definition) is 0. The van der Waals surface area contributed by atoms with Gasteiger partial charge in [0.1, 0.15) is 0 Å². The molecular formula is C15H16N2O2Se. The summed E-state index contributed by atoms with van der Waals surface area (Å²) in [6.45, 7) is 4.17. The first-order valence-electron chi connectivity index (χ1n) is 6.96. The van der Waals surface area contributed by atoms with Crippen LogP contribution in [0.15, 0.2) is 18.2 Å². The molecule has 2 aliphatic rings. The number of benzene rings is 1. The van der Waals surface area contributed by atoms with Crippen LogP contribution in [0.1, 0.15) is 37.5 Å². The van der Waals surface area contributed by atoms with Crippen molar-refractivity contribution >= 4 is 14.7 Å². The van der Waals surface area contributed by atoms with Crippen LogP contribution in [0.2, 0.25) is 0 Å². The first kappa shape index (κ1) is 12.4. The molecule has 1 saturated carbocycles. The molecular weight excluding hydrogens is 319 g/mol. The van der Waals surface area contributed by atoms with E-state index in [2.05, 4.69) is 23.0 Å². The molecule has 0 amide bonds. The zero-order valence-electron chi connectivity index (χ0n) is 11.5. The Hall–Kier alpha value is -1.32. The second-order valence-corrected chi connectivity index (χ2v) is 7.47. The van der Waals surface area contributed by atoms with Gasteiger partial charge in [-0.1, -0.05) is 0 Å². The quantitative estimate of drug-likeness (QED) is 0.792. The molecule has 0 radical (unpaired) electrons. The normalized spacial score (nSPS) is 19.5. The van der Waals surface area contributed by atoms with Crippen molar-refractivity contribution in [2.45, 2.75) is 44.8 Å². The van der Waals surface area contributed by atoms with Gasteiger partial charge in [-0.3, -0.25) is 0 Å². The monoisotopic (exact) mass is 336 g/mol. The van der Waals surface area contributed by atoms with Crippen molar-refractivity contribution in [3.63, 3.8) is 0 Å². The maximum absolute atomic E-state index is 6.16. The fourth-order valence-corrected chi connectivity index (χ4v) is 4.10. The van der Waals surface area contributed by atoms with E-state index in [1.807, 2.05) is 18.2 Å². The van der Waals surface area contributed by atoms with Crippen molar-refractivity contribution in [2.24, 2.45) is 0 Å². The van der Waals surface area contributed by atoms with Gasteiger partial charge in [0, 0.05) is 0 Å². The van der Waals surface area contributed by atoms with Crippen LogP contribution in [0.4, 0.5) is 0 Å². The molecule has 20 heavy (non-hydrogen) atoms. The van der Waals surface area contributed by atoms with E-state index in [0.29, 0.717) is 6.10 Å². The Morgan fingerprint density at radius 3 is 2.95 bits per heavy atom. The molecule has 0 bridgehead atoms. The molecule has 1 aromatic carbocycles. The molecule has 0 atom stereocenters. The van der Waals surface area contributed by atoms with Gasteiger partial charge in [0.05, 0.1) is 0 Å². The summed E-state index contributed by atoms with van der Waals surface area (Å²) < 4.78 is 17.6. The van der Waals surface area contributed by atoms with Crippen LogP contribution >= 0.6 is 0 Å². The van der Waals surface area contributed by atoms with E-state index < -0.39 is 0 Å². The third-order valence-corrected chi connectivity index (χ3v) is 6.13. The molecule has 2 heterocycles. The number of aromatic nitrogens is 2. The van der Waals surface area contributed by atoms with E-state index in [4.69, 9.17) is 9.47 Å². The maximum atomic E-state index is 6.16. The predicted molar refractivity (Wildman–Crippen MR) is 76.3 cm³/mol. The Morgan fingerprint density at radius 2 is 2.20 bits per heavy atom. The molecule has 0 N–H and O–H groups in total. The van der Waals surface area contributed by atoms with Crippen molar-refractivity contribution in [1.82, 2.24) is 9.19 Å². The summed E-state index contributed by atoms with van der Waals surface area (Å²) in [5, 5.41) is 4.32. The molecule has 1 aliphatic heterocycles. The van der Waals surface area contributed by atoms with Crippen LogP contribution in [0, 0.1) is 0 Å². The van der Waals surface area contributed by atoms with Crippen molar-refractivity contribution < 1.29 is 9.47 Å². The standard InChI is InChI=1S/C15H16N2O2Se/c1-15(2)14-13(16-17-20-14)11-7-6-10(8-12(11)19-15)18-9-4-3-5-9/h6-9H,3-5H2,1-2H3. The molecule has 2 aromatic rings. The van der Waals surface area contributed by atoms with Crippen LogP contribution < -0.4 is 9.47 Å². The van der Waals surface area contributed by atoms with Crippen LogP contribution in [-0.2, 0) is 5.60 Å². The zero-order chi connectivity index (χ0) is 13.7. The van der Waals surface area contributed by atoms with E-state index in [0.717, 1.165) is 35.6 Å². The van der Waals surface area contributed by atoms with Gasteiger partial charge < -0.3 is 0 Å². The summed E-state index contributed by atoms with van der Waals surface area (Å²) in [7, 11) is 0. The summed E-state index contributed by atoms with van der Waals surface area (Å²) in [5.41, 5.74) is 1.73. The summed E-state index contributed by atoms with van der Waals surface area (Å²) >= 11 is 0.0671. The van der Waals surface area contributed by atoms with Crippen LogP contribution in [0.5, 0.6) is 11.5 Å². The molecule has 1 aliphatic carbocycles. The Bertz CT molecular complexity index is 662. The molecule has 5 heteroatoms. The van der Waals surface area contributed by atoms with Crippen molar-refractivity contribution in [1.29, 1.82) is 0 Å². The second-order valence-electron chi connectivity index (χ2n) is 5.89. The molecule has 1 fully saturated rings. The summed E-state index contributed by atoms with van der Waals surface area (Å²) in [6, 6.07) is 6.07. The topological polar surface area (TPSA) is 44.2 Å². The van der Waals surface area contributed by atoms with Gasteiger partial charge in [0.25, 0.3) is 0 Å². The molecule has 4 rings (SSSR count). The first-order valence-corrected chi connectivity index (χ1v) is 8.59. The number of rotatable bonds is 2. The number of ether oxygens (including phenoxy) is 2. The number of hydrogen-bond acceptors (Lipinski definition) is 4. The van der Waals surface area contributed by atoms with Gasteiger partial charge in [0.15, 0.2) is 0 Å². The van der Waals surface area contributed by atoms with E-state index in [-0.39, 0.29) is 20.3 Å². The minimum absolute atomic E-state index is 0.0671. The van der Waals surface area contributed by atoms with Crippen LogP contribution in [0.25, 0.3) is 11.3 Å². The van der Waals surface area contributed by atoms with Gasteiger partial charge in [-0.15, -0.1) is 0 Å². The Kier molecular flexibility index (Phi) is 2.69. The third-order valence-electron chi connectivity index (χ3n) is 3.96. The van der Waals surface area contributed by atoms with E-state index >= 15 is 0 Å². The molecule has 0 saturated heterocycles. The molecule has 4 nitrogen and oxygen atoms in total. The third kappa shape index (κ3) is 1.88. The summed E-state index contributed by atoms with van der Waals surface area (Å²) in [6.07, 6.45) is 3.98. The summed E-state index contributed by atoms with van der Waals surface area (Å²) in [4.78, 5) is 0. The van der Waals surface area contributed by atoms with Gasteiger partial charge in [-0.25, -0.2) is 0 Å². The van der Waals surface area contributed by atoms with E-state index in [9.17, 15) is 0 Å². The summed E-state index contributed by atoms with van der Waals surface area (Å²) in [5.74, 6) is 1.76. The number of nitrogens with zero attached hydrogens (tertiary/aromatic N) is 2. The van der Waals surface area contributed by atoms with Gasteiger partial charge in [-0.05, 0) is 0 Å². The Balaban J connectivity index is 1.74. The predicted octanol–water partition coefficient (Wildman–Crippen LogP) is 2.76.